The van der Waals surface area contributed by atoms with Crippen LogP contribution in [0, 0.1) is 5.82 Å². The van der Waals surface area contributed by atoms with E-state index in [0.29, 0.717) is 11.4 Å². The lowest BCUT2D eigenvalue weighted by Gasteiger charge is -2.06. The van der Waals surface area contributed by atoms with E-state index in [0.717, 1.165) is 30.4 Å². The van der Waals surface area contributed by atoms with Gasteiger partial charge in [0.05, 0.1) is 5.56 Å². The molecule has 136 valence electrons. The Hall–Kier alpha value is -1.77. The Labute approximate surface area is 151 Å². The van der Waals surface area contributed by atoms with E-state index in [1.165, 1.54) is 44.9 Å². The van der Waals surface area contributed by atoms with Crippen molar-refractivity contribution in [2.45, 2.75) is 78.1 Å². The molecule has 0 radical (unpaired) electrons. The second-order valence-electron chi connectivity index (χ2n) is 6.85. The standard InChI is InChI=1S/C22H31FN2/c1-3-5-7-8-10-12-19-16-24-22(25-17-19)20-14-13-18(15-21(20)23)11-9-6-4-2/h13-17H,3-12H2,1-2H3. The van der Waals surface area contributed by atoms with E-state index in [4.69, 9.17) is 0 Å². The Kier molecular flexibility index (Phi) is 8.58. The second kappa shape index (κ2) is 11.0. The number of rotatable bonds is 11. The molecule has 0 spiro atoms. The molecule has 3 heteroatoms. The van der Waals surface area contributed by atoms with Crippen molar-refractivity contribution in [2.24, 2.45) is 0 Å². The molecule has 0 aliphatic carbocycles. The van der Waals surface area contributed by atoms with E-state index < -0.39 is 0 Å². The molecule has 0 fully saturated rings. The predicted octanol–water partition coefficient (Wildman–Crippen LogP) is 6.53. The normalized spacial score (nSPS) is 11.0. The molecule has 0 aliphatic heterocycles. The van der Waals surface area contributed by atoms with E-state index in [1.807, 2.05) is 24.5 Å². The van der Waals surface area contributed by atoms with Crippen molar-refractivity contribution in [2.75, 3.05) is 0 Å². The average Bonchev–Trinajstić information content (AvgIpc) is 2.63. The average molecular weight is 343 g/mol. The van der Waals surface area contributed by atoms with Gasteiger partial charge in [-0.2, -0.15) is 0 Å². The summed E-state index contributed by atoms with van der Waals surface area (Å²) in [6.07, 6.45) is 15.4. The molecule has 1 aromatic carbocycles. The Balaban J connectivity index is 1.92. The van der Waals surface area contributed by atoms with Gasteiger partial charge in [0.1, 0.15) is 5.82 Å². The molecule has 0 amide bonds. The largest absolute Gasteiger partial charge is 0.236 e. The number of hydrogen-bond donors (Lipinski definition) is 0. The topological polar surface area (TPSA) is 25.8 Å². The third-order valence-corrected chi connectivity index (χ3v) is 4.62. The predicted molar refractivity (Wildman–Crippen MR) is 103 cm³/mol. The summed E-state index contributed by atoms with van der Waals surface area (Å²) in [6, 6.07) is 5.45. The van der Waals surface area contributed by atoms with Gasteiger partial charge >= 0.3 is 0 Å². The summed E-state index contributed by atoms with van der Waals surface area (Å²) < 4.78 is 14.4. The minimum atomic E-state index is -0.221. The summed E-state index contributed by atoms with van der Waals surface area (Å²) in [4.78, 5) is 8.76. The minimum Gasteiger partial charge on any atom is -0.236 e. The smallest absolute Gasteiger partial charge is 0.162 e. The van der Waals surface area contributed by atoms with E-state index in [2.05, 4.69) is 23.8 Å². The highest BCUT2D eigenvalue weighted by Crippen LogP contribution is 2.21. The van der Waals surface area contributed by atoms with Gasteiger partial charge in [0, 0.05) is 12.4 Å². The molecular weight excluding hydrogens is 311 g/mol. The summed E-state index contributed by atoms with van der Waals surface area (Å²) >= 11 is 0. The van der Waals surface area contributed by atoms with Gasteiger partial charge in [0.15, 0.2) is 5.82 Å². The molecule has 0 unspecified atom stereocenters. The number of aromatic nitrogens is 2. The molecule has 0 atom stereocenters. The maximum Gasteiger partial charge on any atom is 0.162 e. The van der Waals surface area contributed by atoms with Gasteiger partial charge in [0.2, 0.25) is 0 Å². The first kappa shape index (κ1) is 19.6. The highest BCUT2D eigenvalue weighted by atomic mass is 19.1. The Morgan fingerprint density at radius 1 is 0.760 bits per heavy atom. The van der Waals surface area contributed by atoms with Gasteiger partial charge in [-0.3, -0.25) is 0 Å². The van der Waals surface area contributed by atoms with Crippen LogP contribution >= 0.6 is 0 Å². The van der Waals surface area contributed by atoms with Crippen LogP contribution in [0.1, 0.15) is 76.3 Å². The van der Waals surface area contributed by atoms with E-state index >= 15 is 0 Å². The van der Waals surface area contributed by atoms with Crippen LogP contribution in [0.15, 0.2) is 30.6 Å². The van der Waals surface area contributed by atoms with Gasteiger partial charge in [-0.15, -0.1) is 0 Å². The lowest BCUT2D eigenvalue weighted by Crippen LogP contribution is -1.96. The van der Waals surface area contributed by atoms with E-state index in [9.17, 15) is 4.39 Å². The molecular formula is C22H31FN2. The Morgan fingerprint density at radius 2 is 1.36 bits per heavy atom. The molecule has 0 saturated carbocycles. The molecule has 0 N–H and O–H groups in total. The van der Waals surface area contributed by atoms with Crippen molar-refractivity contribution in [1.82, 2.24) is 9.97 Å². The number of hydrogen-bond acceptors (Lipinski definition) is 2. The number of halogens is 1. The van der Waals surface area contributed by atoms with Crippen LogP contribution < -0.4 is 0 Å². The zero-order chi connectivity index (χ0) is 17.9. The monoisotopic (exact) mass is 342 g/mol. The van der Waals surface area contributed by atoms with Crippen LogP contribution in [0.2, 0.25) is 0 Å². The van der Waals surface area contributed by atoms with Gasteiger partial charge < -0.3 is 0 Å². The van der Waals surface area contributed by atoms with Crippen molar-refractivity contribution < 1.29 is 4.39 Å². The Bertz CT molecular complexity index is 622. The number of benzene rings is 1. The fourth-order valence-corrected chi connectivity index (χ4v) is 3.03. The number of unbranched alkanes of at least 4 members (excludes halogenated alkanes) is 6. The molecule has 0 saturated heterocycles. The molecule has 2 rings (SSSR count). The van der Waals surface area contributed by atoms with Crippen LogP contribution in [0.4, 0.5) is 4.39 Å². The fourth-order valence-electron chi connectivity index (χ4n) is 3.03. The molecule has 25 heavy (non-hydrogen) atoms. The Morgan fingerprint density at radius 3 is 2.04 bits per heavy atom. The van der Waals surface area contributed by atoms with Crippen molar-refractivity contribution >= 4 is 0 Å². The summed E-state index contributed by atoms with van der Waals surface area (Å²) in [5.74, 6) is 0.258. The lowest BCUT2D eigenvalue weighted by atomic mass is 10.0. The van der Waals surface area contributed by atoms with Crippen LogP contribution in [0.5, 0.6) is 0 Å². The first-order valence-electron chi connectivity index (χ1n) is 9.84. The zero-order valence-corrected chi connectivity index (χ0v) is 15.7. The quantitative estimate of drug-likeness (QED) is 0.434. The van der Waals surface area contributed by atoms with E-state index in [-0.39, 0.29) is 5.82 Å². The highest BCUT2D eigenvalue weighted by molar-refractivity contribution is 5.56. The van der Waals surface area contributed by atoms with Crippen molar-refractivity contribution in [3.63, 3.8) is 0 Å². The maximum atomic E-state index is 14.4. The molecule has 0 aliphatic rings. The van der Waals surface area contributed by atoms with Crippen LogP contribution in [-0.4, -0.2) is 9.97 Å². The second-order valence-corrected chi connectivity index (χ2v) is 6.85. The SMILES string of the molecule is CCCCCCCc1cnc(-c2ccc(CCCCC)cc2F)nc1. The zero-order valence-electron chi connectivity index (χ0n) is 15.7. The molecule has 1 heterocycles. The van der Waals surface area contributed by atoms with Gasteiger partial charge in [-0.1, -0.05) is 58.4 Å². The number of nitrogens with zero attached hydrogens (tertiary/aromatic N) is 2. The third-order valence-electron chi connectivity index (χ3n) is 4.62. The van der Waals surface area contributed by atoms with Crippen molar-refractivity contribution in [3.8, 4) is 11.4 Å². The fraction of sp³-hybridized carbons (Fsp3) is 0.545. The minimum absolute atomic E-state index is 0.221. The van der Waals surface area contributed by atoms with Gasteiger partial charge in [-0.05, 0) is 48.9 Å². The van der Waals surface area contributed by atoms with Crippen LogP contribution in [0.3, 0.4) is 0 Å². The first-order chi connectivity index (χ1) is 12.2. The maximum absolute atomic E-state index is 14.4. The number of aryl methyl sites for hydroxylation is 2. The van der Waals surface area contributed by atoms with Gasteiger partial charge in [0.25, 0.3) is 0 Å². The molecule has 2 aromatic rings. The lowest BCUT2D eigenvalue weighted by molar-refractivity contribution is 0.624. The highest BCUT2D eigenvalue weighted by Gasteiger charge is 2.09. The van der Waals surface area contributed by atoms with Crippen LogP contribution in [-0.2, 0) is 12.8 Å². The molecule has 1 aromatic heterocycles. The van der Waals surface area contributed by atoms with Crippen molar-refractivity contribution in [3.05, 3.63) is 47.5 Å². The van der Waals surface area contributed by atoms with Crippen LogP contribution in [0.25, 0.3) is 11.4 Å². The molecule has 2 nitrogen and oxygen atoms in total. The van der Waals surface area contributed by atoms with Gasteiger partial charge in [-0.25, -0.2) is 14.4 Å². The summed E-state index contributed by atoms with van der Waals surface area (Å²) in [5.41, 5.74) is 2.68. The first-order valence-corrected chi connectivity index (χ1v) is 9.84. The van der Waals surface area contributed by atoms with E-state index in [1.54, 1.807) is 6.07 Å². The van der Waals surface area contributed by atoms with Crippen molar-refractivity contribution in [1.29, 1.82) is 0 Å². The summed E-state index contributed by atoms with van der Waals surface area (Å²) in [7, 11) is 0. The third kappa shape index (κ3) is 6.56. The summed E-state index contributed by atoms with van der Waals surface area (Å²) in [5, 5.41) is 0. The molecule has 0 bridgehead atoms. The summed E-state index contributed by atoms with van der Waals surface area (Å²) in [6.45, 7) is 4.40.